The molecule has 1 rings (SSSR count). The Kier molecular flexibility index (Phi) is 5.32. The molecule has 1 atom stereocenters. The maximum absolute atomic E-state index is 11.9. The molecule has 20 heavy (non-hydrogen) atoms. The minimum absolute atomic E-state index is 0.0154. The van der Waals surface area contributed by atoms with Crippen molar-refractivity contribution in [2.24, 2.45) is 0 Å². The van der Waals surface area contributed by atoms with Gasteiger partial charge >= 0.3 is 12.1 Å². The Balaban J connectivity index is 2.61. The lowest BCUT2D eigenvalue weighted by Gasteiger charge is -2.49. The van der Waals surface area contributed by atoms with E-state index in [1.54, 1.807) is 20.8 Å². The van der Waals surface area contributed by atoms with Gasteiger partial charge in [-0.15, -0.1) is 11.8 Å². The molecule has 2 N–H and O–H groups in total. The summed E-state index contributed by atoms with van der Waals surface area (Å²) in [5.41, 5.74) is -0.562. The fourth-order valence-corrected chi connectivity index (χ4v) is 3.67. The van der Waals surface area contributed by atoms with Crippen molar-refractivity contribution in [1.29, 1.82) is 0 Å². The van der Waals surface area contributed by atoms with Crippen molar-refractivity contribution in [3.05, 3.63) is 0 Å². The second-order valence-electron chi connectivity index (χ2n) is 6.20. The maximum atomic E-state index is 11.9. The molecule has 7 heteroatoms. The topological polar surface area (TPSA) is 87.1 Å². The van der Waals surface area contributed by atoms with Crippen molar-refractivity contribution in [2.75, 3.05) is 19.7 Å². The van der Waals surface area contributed by atoms with E-state index < -0.39 is 22.4 Å². The molecule has 1 aliphatic heterocycles. The zero-order valence-electron chi connectivity index (χ0n) is 12.4. The third-order valence-electron chi connectivity index (χ3n) is 2.79. The van der Waals surface area contributed by atoms with E-state index in [1.807, 2.05) is 6.92 Å². The van der Waals surface area contributed by atoms with Gasteiger partial charge in [0.05, 0.1) is 17.8 Å². The molecule has 1 aliphatic rings. The predicted octanol–water partition coefficient (Wildman–Crippen LogP) is 1.56. The van der Waals surface area contributed by atoms with Crippen molar-refractivity contribution in [1.82, 2.24) is 4.90 Å². The number of hydrogen-bond donors (Lipinski definition) is 2. The number of aliphatic hydroxyl groups is 1. The highest BCUT2D eigenvalue weighted by Gasteiger charge is 2.49. The van der Waals surface area contributed by atoms with Crippen molar-refractivity contribution < 1.29 is 24.5 Å². The van der Waals surface area contributed by atoms with Gasteiger partial charge < -0.3 is 19.8 Å². The Morgan fingerprint density at radius 3 is 2.35 bits per heavy atom. The molecule has 116 valence electrons. The van der Waals surface area contributed by atoms with Crippen molar-refractivity contribution in [2.45, 2.75) is 49.7 Å². The lowest BCUT2D eigenvalue weighted by molar-refractivity contribution is -0.138. The standard InChI is InChI=1S/C13H23NO5S/c1-9(6-15)20-13(5-10(16)17)7-14(8-13)11(18)19-12(2,3)4/h9,15H,5-8H2,1-4H3,(H,16,17). The Morgan fingerprint density at radius 2 is 1.95 bits per heavy atom. The van der Waals surface area contributed by atoms with Crippen LogP contribution in [0.25, 0.3) is 0 Å². The predicted molar refractivity (Wildman–Crippen MR) is 76.9 cm³/mol. The summed E-state index contributed by atoms with van der Waals surface area (Å²) in [5, 5.41) is 18.0. The minimum atomic E-state index is -0.897. The van der Waals surface area contributed by atoms with Crippen LogP contribution in [-0.4, -0.2) is 62.5 Å². The largest absolute Gasteiger partial charge is 0.481 e. The molecule has 0 aliphatic carbocycles. The van der Waals surface area contributed by atoms with Gasteiger partial charge in [0.1, 0.15) is 5.60 Å². The van der Waals surface area contributed by atoms with Crippen LogP contribution in [0.4, 0.5) is 4.79 Å². The number of likely N-dealkylation sites (tertiary alicyclic amines) is 1. The first kappa shape index (κ1) is 17.1. The van der Waals surface area contributed by atoms with Crippen LogP contribution in [0.1, 0.15) is 34.1 Å². The zero-order valence-corrected chi connectivity index (χ0v) is 13.2. The maximum Gasteiger partial charge on any atom is 0.410 e. The van der Waals surface area contributed by atoms with Gasteiger partial charge in [0, 0.05) is 18.3 Å². The second-order valence-corrected chi connectivity index (χ2v) is 8.11. The van der Waals surface area contributed by atoms with Gasteiger partial charge in [0.25, 0.3) is 0 Å². The molecule has 0 aromatic carbocycles. The van der Waals surface area contributed by atoms with Gasteiger partial charge in [-0.25, -0.2) is 4.79 Å². The third-order valence-corrected chi connectivity index (χ3v) is 4.25. The number of carboxylic acids is 1. The third kappa shape index (κ3) is 4.86. The Morgan fingerprint density at radius 1 is 1.40 bits per heavy atom. The molecule has 1 heterocycles. The molecule has 0 aromatic heterocycles. The van der Waals surface area contributed by atoms with E-state index in [1.165, 1.54) is 16.7 Å². The van der Waals surface area contributed by atoms with Crippen LogP contribution in [0.5, 0.6) is 0 Å². The summed E-state index contributed by atoms with van der Waals surface area (Å²) in [6, 6.07) is 0. The number of carbonyl (C=O) groups excluding carboxylic acids is 1. The number of carboxylic acid groups (broad SMARTS) is 1. The molecule has 6 nitrogen and oxygen atoms in total. The molecule has 0 saturated carbocycles. The molecule has 0 bridgehead atoms. The van der Waals surface area contributed by atoms with E-state index in [4.69, 9.17) is 14.9 Å². The van der Waals surface area contributed by atoms with Crippen molar-refractivity contribution >= 4 is 23.8 Å². The molecule has 1 fully saturated rings. The summed E-state index contributed by atoms with van der Waals surface area (Å²) in [7, 11) is 0. The molecular weight excluding hydrogens is 282 g/mol. The summed E-state index contributed by atoms with van der Waals surface area (Å²) in [6.45, 7) is 7.86. The lowest BCUT2D eigenvalue weighted by Crippen LogP contribution is -2.63. The average molecular weight is 305 g/mol. The van der Waals surface area contributed by atoms with Gasteiger partial charge in [-0.3, -0.25) is 4.79 Å². The smallest absolute Gasteiger partial charge is 0.410 e. The normalized spacial score (nSPS) is 19.1. The van der Waals surface area contributed by atoms with Crippen LogP contribution in [0.3, 0.4) is 0 Å². The zero-order chi connectivity index (χ0) is 15.6. The van der Waals surface area contributed by atoms with Gasteiger partial charge in [0.15, 0.2) is 0 Å². The summed E-state index contributed by atoms with van der Waals surface area (Å²) >= 11 is 1.42. The second kappa shape index (κ2) is 6.22. The van der Waals surface area contributed by atoms with E-state index in [-0.39, 0.29) is 18.3 Å². The molecular formula is C13H23NO5S. The summed E-state index contributed by atoms with van der Waals surface area (Å²) in [6.07, 6.45) is -0.447. The van der Waals surface area contributed by atoms with Crippen LogP contribution < -0.4 is 0 Å². The van der Waals surface area contributed by atoms with E-state index in [9.17, 15) is 9.59 Å². The number of thioether (sulfide) groups is 1. The molecule has 0 spiro atoms. The molecule has 0 radical (unpaired) electrons. The monoisotopic (exact) mass is 305 g/mol. The quantitative estimate of drug-likeness (QED) is 0.801. The fourth-order valence-electron chi connectivity index (χ4n) is 2.07. The van der Waals surface area contributed by atoms with Gasteiger partial charge in [0.2, 0.25) is 0 Å². The van der Waals surface area contributed by atoms with Crippen molar-refractivity contribution in [3.8, 4) is 0 Å². The summed E-state index contributed by atoms with van der Waals surface area (Å²) in [5.74, 6) is -0.897. The molecule has 1 unspecified atom stereocenters. The number of aliphatic carboxylic acids is 1. The van der Waals surface area contributed by atoms with E-state index in [2.05, 4.69) is 0 Å². The number of aliphatic hydroxyl groups excluding tert-OH is 1. The number of carbonyl (C=O) groups is 2. The Labute approximate surface area is 123 Å². The number of rotatable bonds is 5. The highest BCUT2D eigenvalue weighted by molar-refractivity contribution is 8.01. The Bertz CT molecular complexity index is 373. The highest BCUT2D eigenvalue weighted by Crippen LogP contribution is 2.41. The van der Waals surface area contributed by atoms with Crippen LogP contribution in [0.2, 0.25) is 0 Å². The molecule has 0 aromatic rings. The minimum Gasteiger partial charge on any atom is -0.481 e. The summed E-state index contributed by atoms with van der Waals surface area (Å²) in [4.78, 5) is 24.3. The first-order valence-electron chi connectivity index (χ1n) is 6.55. The van der Waals surface area contributed by atoms with Gasteiger partial charge in [-0.2, -0.15) is 0 Å². The first-order valence-corrected chi connectivity index (χ1v) is 7.43. The molecule has 1 amide bonds. The van der Waals surface area contributed by atoms with Crippen LogP contribution in [0.15, 0.2) is 0 Å². The van der Waals surface area contributed by atoms with Crippen LogP contribution >= 0.6 is 11.8 Å². The van der Waals surface area contributed by atoms with Crippen molar-refractivity contribution in [3.63, 3.8) is 0 Å². The number of ether oxygens (including phenoxy) is 1. The fraction of sp³-hybridized carbons (Fsp3) is 0.846. The highest BCUT2D eigenvalue weighted by atomic mass is 32.2. The SMILES string of the molecule is CC(CO)SC1(CC(=O)O)CN(C(=O)OC(C)(C)C)C1. The number of nitrogens with zero attached hydrogens (tertiary/aromatic N) is 1. The van der Waals surface area contributed by atoms with Crippen LogP contribution in [-0.2, 0) is 9.53 Å². The van der Waals surface area contributed by atoms with E-state index >= 15 is 0 Å². The van der Waals surface area contributed by atoms with Gasteiger partial charge in [-0.05, 0) is 20.8 Å². The van der Waals surface area contributed by atoms with E-state index in [0.717, 1.165) is 0 Å². The number of amides is 1. The Hall–Kier alpha value is -0.950. The molecule has 1 saturated heterocycles. The summed E-state index contributed by atoms with van der Waals surface area (Å²) < 4.78 is 4.73. The first-order chi connectivity index (χ1) is 9.07. The number of hydrogen-bond acceptors (Lipinski definition) is 5. The lowest BCUT2D eigenvalue weighted by atomic mass is 9.95. The average Bonchev–Trinajstić information content (AvgIpc) is 2.21. The van der Waals surface area contributed by atoms with Gasteiger partial charge in [-0.1, -0.05) is 6.92 Å². The van der Waals surface area contributed by atoms with E-state index in [0.29, 0.717) is 13.1 Å². The van der Waals surface area contributed by atoms with Crippen LogP contribution in [0, 0.1) is 0 Å².